The van der Waals surface area contributed by atoms with Crippen molar-refractivity contribution in [1.82, 2.24) is 5.32 Å². The molecule has 3 aromatic carbocycles. The first kappa shape index (κ1) is 20.7. The Kier molecular flexibility index (Phi) is 6.08. The molecule has 0 aromatic heterocycles. The Morgan fingerprint density at radius 1 is 0.871 bits per heavy atom. The molecule has 1 amide bonds. The molecule has 0 aliphatic carbocycles. The van der Waals surface area contributed by atoms with Crippen molar-refractivity contribution in [2.75, 3.05) is 17.9 Å². The molecule has 0 fully saturated rings. The third-order valence-corrected chi connectivity index (χ3v) is 6.08. The van der Waals surface area contributed by atoms with Crippen LogP contribution in [0.5, 0.6) is 11.5 Å². The lowest BCUT2D eigenvalue weighted by molar-refractivity contribution is 0.0951. The average molecular weight is 439 g/mol. The Labute approximate surface area is 181 Å². The summed E-state index contributed by atoms with van der Waals surface area (Å²) in [5, 5.41) is 2.83. The summed E-state index contributed by atoms with van der Waals surface area (Å²) in [6, 6.07) is 20.4. The van der Waals surface area contributed by atoms with E-state index >= 15 is 0 Å². The van der Waals surface area contributed by atoms with Gasteiger partial charge in [-0.1, -0.05) is 36.4 Å². The number of ether oxygens (including phenoxy) is 2. The maximum absolute atomic E-state index is 12.9. The van der Waals surface area contributed by atoms with E-state index in [2.05, 4.69) is 10.0 Å². The van der Waals surface area contributed by atoms with Gasteiger partial charge in [-0.3, -0.25) is 9.52 Å². The van der Waals surface area contributed by atoms with Crippen LogP contribution in [0.4, 0.5) is 5.69 Å². The number of amides is 1. The van der Waals surface area contributed by atoms with E-state index in [0.717, 1.165) is 12.0 Å². The van der Waals surface area contributed by atoms with Crippen LogP contribution in [0.15, 0.2) is 77.7 Å². The normalized spacial score (nSPS) is 13.2. The van der Waals surface area contributed by atoms with Gasteiger partial charge >= 0.3 is 0 Å². The van der Waals surface area contributed by atoms with Crippen molar-refractivity contribution in [2.24, 2.45) is 0 Å². The molecule has 0 bridgehead atoms. The van der Waals surface area contributed by atoms with E-state index in [1.165, 1.54) is 18.2 Å². The summed E-state index contributed by atoms with van der Waals surface area (Å²) in [5.41, 5.74) is 1.62. The van der Waals surface area contributed by atoms with Gasteiger partial charge in [-0.05, 0) is 35.9 Å². The van der Waals surface area contributed by atoms with Crippen molar-refractivity contribution < 1.29 is 22.7 Å². The highest BCUT2D eigenvalue weighted by Gasteiger charge is 2.19. The van der Waals surface area contributed by atoms with E-state index < -0.39 is 10.0 Å². The summed E-state index contributed by atoms with van der Waals surface area (Å²) in [6.45, 7) is 1.37. The molecule has 8 heteroatoms. The zero-order valence-electron chi connectivity index (χ0n) is 16.7. The van der Waals surface area contributed by atoms with Crippen LogP contribution in [0.25, 0.3) is 0 Å². The van der Waals surface area contributed by atoms with Gasteiger partial charge in [-0.25, -0.2) is 8.42 Å². The minimum absolute atomic E-state index is 0.0516. The van der Waals surface area contributed by atoms with E-state index in [9.17, 15) is 13.2 Å². The largest absolute Gasteiger partial charge is 0.490 e. The molecule has 0 saturated heterocycles. The number of rotatable bonds is 6. The van der Waals surface area contributed by atoms with Crippen molar-refractivity contribution in [3.05, 3.63) is 83.9 Å². The lowest BCUT2D eigenvalue weighted by Gasteiger charge is -2.12. The number of fused-ring (bicyclic) bond motifs is 1. The fraction of sp³-hybridized carbons (Fsp3) is 0.174. The molecule has 31 heavy (non-hydrogen) atoms. The van der Waals surface area contributed by atoms with Gasteiger partial charge in [-0.2, -0.15) is 0 Å². The molecule has 0 atom stereocenters. The summed E-state index contributed by atoms with van der Waals surface area (Å²) in [4.78, 5) is 12.5. The summed E-state index contributed by atoms with van der Waals surface area (Å²) in [7, 11) is -3.87. The predicted octanol–water partition coefficient (Wildman–Crippen LogP) is 3.58. The SMILES string of the molecule is O=C(NCc1ccccc1)c1cccc(NS(=O)(=O)c2ccc3c(c2)OCCCO3)c1. The van der Waals surface area contributed by atoms with Crippen LogP contribution in [-0.2, 0) is 16.6 Å². The number of hydrogen-bond donors (Lipinski definition) is 2. The van der Waals surface area contributed by atoms with Crippen molar-refractivity contribution in [2.45, 2.75) is 17.9 Å². The predicted molar refractivity (Wildman–Crippen MR) is 117 cm³/mol. The van der Waals surface area contributed by atoms with Crippen molar-refractivity contribution in [3.8, 4) is 11.5 Å². The highest BCUT2D eigenvalue weighted by Crippen LogP contribution is 2.32. The number of sulfonamides is 1. The maximum atomic E-state index is 12.9. The molecule has 3 aromatic rings. The lowest BCUT2D eigenvalue weighted by Crippen LogP contribution is -2.23. The fourth-order valence-electron chi connectivity index (χ4n) is 3.13. The number of hydrogen-bond acceptors (Lipinski definition) is 5. The van der Waals surface area contributed by atoms with Gasteiger partial charge in [0.2, 0.25) is 0 Å². The number of carbonyl (C=O) groups excluding carboxylic acids is 1. The minimum Gasteiger partial charge on any atom is -0.490 e. The second-order valence-electron chi connectivity index (χ2n) is 7.01. The molecule has 7 nitrogen and oxygen atoms in total. The third kappa shape index (κ3) is 5.16. The van der Waals surface area contributed by atoms with Crippen LogP contribution in [0.2, 0.25) is 0 Å². The molecule has 1 aliphatic rings. The monoisotopic (exact) mass is 438 g/mol. The summed E-state index contributed by atoms with van der Waals surface area (Å²) >= 11 is 0. The van der Waals surface area contributed by atoms with Crippen LogP contribution in [-0.4, -0.2) is 27.5 Å². The molecule has 1 aliphatic heterocycles. The third-order valence-electron chi connectivity index (χ3n) is 4.70. The van der Waals surface area contributed by atoms with Gasteiger partial charge in [0, 0.05) is 30.3 Å². The highest BCUT2D eigenvalue weighted by atomic mass is 32.2. The van der Waals surface area contributed by atoms with Gasteiger partial charge in [0.25, 0.3) is 15.9 Å². The second-order valence-corrected chi connectivity index (χ2v) is 8.70. The second kappa shape index (κ2) is 9.09. The highest BCUT2D eigenvalue weighted by molar-refractivity contribution is 7.92. The topological polar surface area (TPSA) is 93.7 Å². The van der Waals surface area contributed by atoms with E-state index in [1.807, 2.05) is 30.3 Å². The molecule has 4 rings (SSSR count). The van der Waals surface area contributed by atoms with Crippen molar-refractivity contribution >= 4 is 21.6 Å². The van der Waals surface area contributed by atoms with Gasteiger partial charge in [0.1, 0.15) is 0 Å². The standard InChI is InChI=1S/C23H22N2O5S/c26-23(24-16-17-6-2-1-3-7-17)18-8-4-9-19(14-18)25-31(27,28)20-10-11-21-22(15-20)30-13-5-12-29-21/h1-4,6-11,14-15,25H,5,12-13,16H2,(H,24,26). The molecule has 160 valence electrons. The number of benzene rings is 3. The Hall–Kier alpha value is -3.52. The first-order valence-electron chi connectivity index (χ1n) is 9.86. The zero-order valence-corrected chi connectivity index (χ0v) is 17.5. The number of nitrogens with one attached hydrogen (secondary N) is 2. The Balaban J connectivity index is 1.47. The smallest absolute Gasteiger partial charge is 0.262 e. The van der Waals surface area contributed by atoms with Crippen molar-refractivity contribution in [1.29, 1.82) is 0 Å². The average Bonchev–Trinajstić information content (AvgIpc) is 3.03. The van der Waals surface area contributed by atoms with E-state index in [4.69, 9.17) is 9.47 Å². The number of carbonyl (C=O) groups is 1. The van der Waals surface area contributed by atoms with Gasteiger partial charge in [-0.15, -0.1) is 0 Å². The van der Waals surface area contributed by atoms with Crippen LogP contribution >= 0.6 is 0 Å². The lowest BCUT2D eigenvalue weighted by atomic mass is 10.2. The van der Waals surface area contributed by atoms with Gasteiger partial charge < -0.3 is 14.8 Å². The molecule has 0 saturated carbocycles. The quantitative estimate of drug-likeness (QED) is 0.614. The molecule has 1 heterocycles. The Morgan fingerprint density at radius 2 is 1.65 bits per heavy atom. The first-order valence-corrected chi connectivity index (χ1v) is 11.3. The minimum atomic E-state index is -3.87. The van der Waals surface area contributed by atoms with Crippen LogP contribution < -0.4 is 19.5 Å². The van der Waals surface area contributed by atoms with Crippen molar-refractivity contribution in [3.63, 3.8) is 0 Å². The van der Waals surface area contributed by atoms with Crippen LogP contribution in [0.1, 0.15) is 22.3 Å². The summed E-state index contributed by atoms with van der Waals surface area (Å²) < 4.78 is 39.4. The van der Waals surface area contributed by atoms with E-state index in [1.54, 1.807) is 24.3 Å². The van der Waals surface area contributed by atoms with Crippen LogP contribution in [0, 0.1) is 0 Å². The zero-order chi connectivity index (χ0) is 21.7. The van der Waals surface area contributed by atoms with Gasteiger partial charge in [0.05, 0.1) is 18.1 Å². The summed E-state index contributed by atoms with van der Waals surface area (Å²) in [6.07, 6.45) is 0.730. The molecular weight excluding hydrogens is 416 g/mol. The summed E-state index contributed by atoms with van der Waals surface area (Å²) in [5.74, 6) is 0.628. The molecule has 2 N–H and O–H groups in total. The molecule has 0 unspecified atom stereocenters. The Bertz CT molecular complexity index is 1180. The molecule has 0 spiro atoms. The fourth-order valence-corrected chi connectivity index (χ4v) is 4.19. The first-order chi connectivity index (χ1) is 15.0. The van der Waals surface area contributed by atoms with E-state index in [-0.39, 0.29) is 10.8 Å². The Morgan fingerprint density at radius 3 is 2.45 bits per heavy atom. The van der Waals surface area contributed by atoms with E-state index in [0.29, 0.717) is 42.5 Å². The van der Waals surface area contributed by atoms with Gasteiger partial charge in [0.15, 0.2) is 11.5 Å². The van der Waals surface area contributed by atoms with Crippen LogP contribution in [0.3, 0.4) is 0 Å². The molecule has 0 radical (unpaired) electrons. The number of anilines is 1. The maximum Gasteiger partial charge on any atom is 0.262 e. The molecular formula is C23H22N2O5S.